The van der Waals surface area contributed by atoms with Crippen molar-refractivity contribution in [3.63, 3.8) is 0 Å². The largest absolute Gasteiger partial charge is 0.497 e. The number of ether oxygens (including phenoxy) is 1. The number of methoxy groups -OCH3 is 1. The van der Waals surface area contributed by atoms with Gasteiger partial charge in [-0.15, -0.1) is 0 Å². The van der Waals surface area contributed by atoms with E-state index >= 15 is 0 Å². The zero-order valence-corrected chi connectivity index (χ0v) is 15.8. The van der Waals surface area contributed by atoms with Gasteiger partial charge in [-0.2, -0.15) is 0 Å². The molecule has 0 saturated heterocycles. The smallest absolute Gasteiger partial charge is 0.261 e. The number of carbonyl (C=O) groups excluding carboxylic acids is 1. The topological polar surface area (TPSA) is 97.6 Å². The normalized spacial score (nSPS) is 11.3. The third-order valence-corrected chi connectivity index (χ3v) is 5.11. The Bertz CT molecular complexity index is 1050. The lowest BCUT2D eigenvalue weighted by atomic mass is 10.3. The zero-order valence-electron chi connectivity index (χ0n) is 15.0. The maximum Gasteiger partial charge on any atom is 0.261 e. The second-order valence-electron chi connectivity index (χ2n) is 5.70. The summed E-state index contributed by atoms with van der Waals surface area (Å²) in [6.45, 7) is 0. The summed E-state index contributed by atoms with van der Waals surface area (Å²) in [7, 11) is -2.21. The minimum Gasteiger partial charge on any atom is -0.497 e. The highest BCUT2D eigenvalue weighted by Gasteiger charge is 2.14. The maximum atomic E-state index is 12.5. The summed E-state index contributed by atoms with van der Waals surface area (Å²) < 4.78 is 37.6. The number of carbonyl (C=O) groups is 1. The Balaban J connectivity index is 1.64. The number of hydrogen-bond acceptors (Lipinski definition) is 5. The Morgan fingerprint density at radius 2 is 1.68 bits per heavy atom. The predicted octanol–water partition coefficient (Wildman–Crippen LogP) is 3.74. The highest BCUT2D eigenvalue weighted by molar-refractivity contribution is 7.92. The number of sulfonamides is 1. The molecule has 144 valence electrons. The zero-order chi connectivity index (χ0) is 20.0. The predicted molar refractivity (Wildman–Crippen MR) is 107 cm³/mol. The van der Waals surface area contributed by atoms with E-state index in [1.54, 1.807) is 36.4 Å². The molecule has 0 spiro atoms. The van der Waals surface area contributed by atoms with Crippen LogP contribution in [0.15, 0.2) is 82.3 Å². The number of hydrogen-bond donors (Lipinski definition) is 2. The van der Waals surface area contributed by atoms with Gasteiger partial charge < -0.3 is 14.5 Å². The molecule has 0 bridgehead atoms. The highest BCUT2D eigenvalue weighted by Crippen LogP contribution is 2.20. The Morgan fingerprint density at radius 3 is 2.29 bits per heavy atom. The van der Waals surface area contributed by atoms with Crippen LogP contribution >= 0.6 is 0 Å². The van der Waals surface area contributed by atoms with Crippen LogP contribution in [-0.2, 0) is 14.8 Å². The van der Waals surface area contributed by atoms with Crippen molar-refractivity contribution in [1.82, 2.24) is 0 Å². The van der Waals surface area contributed by atoms with Gasteiger partial charge in [0, 0.05) is 17.5 Å². The molecule has 0 saturated carbocycles. The fourth-order valence-corrected chi connectivity index (χ4v) is 3.38. The molecule has 28 heavy (non-hydrogen) atoms. The first-order valence-electron chi connectivity index (χ1n) is 8.26. The SMILES string of the molecule is COc1ccc(NS(=O)(=O)c2ccc(NC(=O)/C=C/c3ccco3)cc2)cc1. The first-order valence-corrected chi connectivity index (χ1v) is 9.74. The number of amides is 1. The molecule has 8 heteroatoms. The number of nitrogens with one attached hydrogen (secondary N) is 2. The van der Waals surface area contributed by atoms with Gasteiger partial charge in [0.25, 0.3) is 10.0 Å². The van der Waals surface area contributed by atoms with Gasteiger partial charge in [-0.1, -0.05) is 0 Å². The van der Waals surface area contributed by atoms with Crippen LogP contribution in [0.5, 0.6) is 5.75 Å². The van der Waals surface area contributed by atoms with E-state index in [1.807, 2.05) is 0 Å². The average molecular weight is 398 g/mol. The van der Waals surface area contributed by atoms with E-state index in [9.17, 15) is 13.2 Å². The number of furan rings is 1. The molecule has 1 amide bonds. The van der Waals surface area contributed by atoms with Crippen molar-refractivity contribution >= 4 is 33.4 Å². The molecule has 2 aromatic carbocycles. The second kappa shape index (κ2) is 8.45. The molecule has 0 atom stereocenters. The monoisotopic (exact) mass is 398 g/mol. The van der Waals surface area contributed by atoms with Crippen molar-refractivity contribution in [2.24, 2.45) is 0 Å². The lowest BCUT2D eigenvalue weighted by Crippen LogP contribution is -2.13. The quantitative estimate of drug-likeness (QED) is 0.591. The van der Waals surface area contributed by atoms with E-state index in [2.05, 4.69) is 10.0 Å². The van der Waals surface area contributed by atoms with Gasteiger partial charge in [0.15, 0.2) is 0 Å². The Morgan fingerprint density at radius 1 is 1.00 bits per heavy atom. The fraction of sp³-hybridized carbons (Fsp3) is 0.0500. The Labute approximate surface area is 162 Å². The third-order valence-electron chi connectivity index (χ3n) is 3.72. The van der Waals surface area contributed by atoms with Crippen molar-refractivity contribution < 1.29 is 22.4 Å². The van der Waals surface area contributed by atoms with E-state index in [4.69, 9.17) is 9.15 Å². The van der Waals surface area contributed by atoms with Gasteiger partial charge >= 0.3 is 0 Å². The van der Waals surface area contributed by atoms with Crippen LogP contribution < -0.4 is 14.8 Å². The second-order valence-corrected chi connectivity index (χ2v) is 7.38. The third kappa shape index (κ3) is 5.01. The summed E-state index contributed by atoms with van der Waals surface area (Å²) in [5, 5.41) is 2.65. The summed E-state index contributed by atoms with van der Waals surface area (Å²) in [6.07, 6.45) is 4.37. The molecule has 0 aliphatic carbocycles. The van der Waals surface area contributed by atoms with Crippen molar-refractivity contribution in [3.05, 3.63) is 78.8 Å². The van der Waals surface area contributed by atoms with Gasteiger partial charge in [-0.3, -0.25) is 9.52 Å². The molecule has 0 unspecified atom stereocenters. The number of benzene rings is 2. The van der Waals surface area contributed by atoms with Crippen molar-refractivity contribution in [2.45, 2.75) is 4.90 Å². The molecular formula is C20H18N2O5S. The lowest BCUT2D eigenvalue weighted by Gasteiger charge is -2.09. The summed E-state index contributed by atoms with van der Waals surface area (Å²) in [4.78, 5) is 12.0. The molecule has 0 aliphatic heterocycles. The van der Waals surface area contributed by atoms with Crippen LogP contribution in [0.25, 0.3) is 6.08 Å². The molecule has 3 rings (SSSR count). The minimum absolute atomic E-state index is 0.0763. The van der Waals surface area contributed by atoms with Gasteiger partial charge in [0.2, 0.25) is 5.91 Å². The van der Waals surface area contributed by atoms with E-state index < -0.39 is 10.0 Å². The van der Waals surface area contributed by atoms with Crippen LogP contribution in [-0.4, -0.2) is 21.4 Å². The summed E-state index contributed by atoms with van der Waals surface area (Å²) in [6, 6.07) is 15.8. The van der Waals surface area contributed by atoms with E-state index in [-0.39, 0.29) is 10.8 Å². The summed E-state index contributed by atoms with van der Waals surface area (Å²) in [5.41, 5.74) is 0.888. The van der Waals surface area contributed by atoms with Gasteiger partial charge in [-0.05, 0) is 66.7 Å². The number of anilines is 2. The lowest BCUT2D eigenvalue weighted by molar-refractivity contribution is -0.111. The van der Waals surface area contributed by atoms with Crippen LogP contribution in [0.3, 0.4) is 0 Å². The molecule has 1 aromatic heterocycles. The van der Waals surface area contributed by atoms with Crippen LogP contribution in [0, 0.1) is 0 Å². The molecule has 0 radical (unpaired) electrons. The molecule has 0 fully saturated rings. The van der Waals surface area contributed by atoms with Crippen molar-refractivity contribution in [1.29, 1.82) is 0 Å². The van der Waals surface area contributed by atoms with Crippen LogP contribution in [0.4, 0.5) is 11.4 Å². The van der Waals surface area contributed by atoms with E-state index in [1.165, 1.54) is 49.8 Å². The van der Waals surface area contributed by atoms with E-state index in [0.717, 1.165) is 0 Å². The first-order chi connectivity index (χ1) is 13.5. The first kappa shape index (κ1) is 19.2. The van der Waals surface area contributed by atoms with Crippen molar-refractivity contribution in [3.8, 4) is 5.75 Å². The Hall–Kier alpha value is -3.52. The van der Waals surface area contributed by atoms with Gasteiger partial charge in [0.1, 0.15) is 11.5 Å². The Kier molecular flexibility index (Phi) is 5.81. The minimum atomic E-state index is -3.75. The van der Waals surface area contributed by atoms with Crippen molar-refractivity contribution in [2.75, 3.05) is 17.1 Å². The van der Waals surface area contributed by atoms with Gasteiger partial charge in [-0.25, -0.2) is 8.42 Å². The average Bonchev–Trinajstić information content (AvgIpc) is 3.21. The number of rotatable bonds is 7. The maximum absolute atomic E-state index is 12.5. The molecule has 3 aromatic rings. The van der Waals surface area contributed by atoms with Crippen LogP contribution in [0.1, 0.15) is 5.76 Å². The molecule has 2 N–H and O–H groups in total. The molecule has 7 nitrogen and oxygen atoms in total. The summed E-state index contributed by atoms with van der Waals surface area (Å²) >= 11 is 0. The van der Waals surface area contributed by atoms with Gasteiger partial charge in [0.05, 0.1) is 18.3 Å². The summed E-state index contributed by atoms with van der Waals surface area (Å²) in [5.74, 6) is 0.828. The molecule has 1 heterocycles. The molecular weight excluding hydrogens is 380 g/mol. The standard InChI is InChI=1S/C20H18N2O5S/c1-26-17-8-4-16(5-9-17)22-28(24,25)19-11-6-15(7-12-19)21-20(23)13-10-18-3-2-14-27-18/h2-14,22H,1H3,(H,21,23)/b13-10+. The van der Waals surface area contributed by atoms with Crippen LogP contribution in [0.2, 0.25) is 0 Å². The fourth-order valence-electron chi connectivity index (χ4n) is 2.32. The molecule has 0 aliphatic rings. The highest BCUT2D eigenvalue weighted by atomic mass is 32.2. The van der Waals surface area contributed by atoms with E-state index in [0.29, 0.717) is 22.9 Å².